The van der Waals surface area contributed by atoms with E-state index in [0.29, 0.717) is 5.88 Å². The first-order chi connectivity index (χ1) is 21.2. The molecular formula is C33H40Br2N6O3. The molecule has 0 radical (unpaired) electrons. The predicted molar refractivity (Wildman–Crippen MR) is 184 cm³/mol. The van der Waals surface area contributed by atoms with Crippen molar-refractivity contribution >= 4 is 55.2 Å². The van der Waals surface area contributed by atoms with Crippen LogP contribution in [0.3, 0.4) is 0 Å². The lowest BCUT2D eigenvalue weighted by molar-refractivity contribution is -0.122. The number of nitrogens with two attached hydrogens (primary N) is 1. The number of anilines is 2. The van der Waals surface area contributed by atoms with Crippen LogP contribution >= 0.6 is 31.9 Å². The van der Waals surface area contributed by atoms with Crippen LogP contribution in [0.2, 0.25) is 0 Å². The van der Waals surface area contributed by atoms with Crippen LogP contribution < -0.4 is 16.4 Å². The molecule has 0 unspecified atom stereocenters. The number of hydrogen-bond acceptors (Lipinski definition) is 6. The van der Waals surface area contributed by atoms with Gasteiger partial charge in [0.2, 0.25) is 0 Å². The first kappa shape index (κ1) is 34.7. The van der Waals surface area contributed by atoms with Gasteiger partial charge in [-0.25, -0.2) is 4.79 Å². The Morgan fingerprint density at radius 3 is 2.43 bits per heavy atom. The maximum absolute atomic E-state index is 12.6. The molecule has 2 aliphatic heterocycles. The lowest BCUT2D eigenvalue weighted by atomic mass is 10.0. The van der Waals surface area contributed by atoms with Gasteiger partial charge in [0, 0.05) is 58.4 Å². The molecule has 3 aromatic rings. The molecule has 5 rings (SSSR count). The van der Waals surface area contributed by atoms with E-state index in [1.54, 1.807) is 18.6 Å². The van der Waals surface area contributed by atoms with Crippen LogP contribution in [0.4, 0.5) is 16.2 Å². The molecule has 0 spiro atoms. The second-order valence-corrected chi connectivity index (χ2v) is 11.8. The number of aryl methyl sites for hydroxylation is 1. The Morgan fingerprint density at radius 1 is 1.11 bits per heavy atom. The average Bonchev–Trinajstić information content (AvgIpc) is 3.19. The van der Waals surface area contributed by atoms with Crippen molar-refractivity contribution in [1.82, 2.24) is 14.8 Å². The van der Waals surface area contributed by atoms with Crippen LogP contribution in [-0.2, 0) is 16.0 Å². The summed E-state index contributed by atoms with van der Waals surface area (Å²) in [7, 11) is 0. The van der Waals surface area contributed by atoms with E-state index in [4.69, 9.17) is 10.5 Å². The number of ether oxygens (including phenoxy) is 1. The van der Waals surface area contributed by atoms with Gasteiger partial charge in [-0.2, -0.15) is 0 Å². The highest BCUT2D eigenvalue weighted by Crippen LogP contribution is 2.26. The van der Waals surface area contributed by atoms with E-state index < -0.39 is 5.91 Å². The zero-order valence-corrected chi connectivity index (χ0v) is 28.3. The summed E-state index contributed by atoms with van der Waals surface area (Å²) in [5, 5.41) is 5.97. The van der Waals surface area contributed by atoms with E-state index in [1.807, 2.05) is 54.3 Å². The molecule has 0 saturated carbocycles. The minimum atomic E-state index is -0.486. The third kappa shape index (κ3) is 11.0. The maximum atomic E-state index is 12.6. The molecule has 2 aliphatic rings. The number of carbonyl (C=O) groups is 2. The summed E-state index contributed by atoms with van der Waals surface area (Å²) in [6.45, 7) is 9.63. The lowest BCUT2D eigenvalue weighted by Crippen LogP contribution is -2.48. The molecule has 44 heavy (non-hydrogen) atoms. The van der Waals surface area contributed by atoms with Gasteiger partial charge < -0.3 is 30.9 Å². The van der Waals surface area contributed by atoms with E-state index in [2.05, 4.69) is 84.1 Å². The molecule has 234 valence electrons. The molecule has 3 heterocycles. The van der Waals surface area contributed by atoms with Crippen molar-refractivity contribution in [3.05, 3.63) is 112 Å². The number of allylic oxidation sites excluding steroid dienone is 1. The molecule has 0 atom stereocenters. The first-order valence-electron chi connectivity index (χ1n) is 14.4. The highest BCUT2D eigenvalue weighted by atomic mass is 79.9. The number of carbonyl (C=O) groups excluding carboxylic acids is 2. The summed E-state index contributed by atoms with van der Waals surface area (Å²) in [6.07, 6.45) is 9.52. The number of likely N-dealkylation sites (tertiary alicyclic amines) is 1. The summed E-state index contributed by atoms with van der Waals surface area (Å²) < 4.78 is 7.69. The number of rotatable bonds is 7. The summed E-state index contributed by atoms with van der Waals surface area (Å²) in [6, 6.07) is 18.1. The minimum Gasteiger partial charge on any atom is -0.469 e. The molecular weight excluding hydrogens is 688 g/mol. The normalized spacial score (nSPS) is 14.8. The van der Waals surface area contributed by atoms with Crippen molar-refractivity contribution in [2.75, 3.05) is 36.9 Å². The molecule has 1 fully saturated rings. The highest BCUT2D eigenvalue weighted by molar-refractivity contribution is 9.13. The van der Waals surface area contributed by atoms with Crippen molar-refractivity contribution in [2.24, 2.45) is 5.73 Å². The predicted octanol–water partition coefficient (Wildman–Crippen LogP) is 7.06. The number of piperidine rings is 1. The van der Waals surface area contributed by atoms with Gasteiger partial charge in [-0.05, 0) is 119 Å². The largest absolute Gasteiger partial charge is 0.469 e. The number of pyridine rings is 1. The second-order valence-electron chi connectivity index (χ2n) is 10.1. The van der Waals surface area contributed by atoms with Gasteiger partial charge in [0.1, 0.15) is 0 Å². The van der Waals surface area contributed by atoms with Gasteiger partial charge in [0.05, 0.1) is 0 Å². The van der Waals surface area contributed by atoms with Crippen LogP contribution in [0.5, 0.6) is 0 Å². The zero-order chi connectivity index (χ0) is 31.9. The molecule has 3 amide bonds. The number of para-hydroxylation sites is 1. The Hall–Kier alpha value is -3.83. The Morgan fingerprint density at radius 2 is 1.82 bits per heavy atom. The van der Waals surface area contributed by atoms with E-state index >= 15 is 0 Å². The molecule has 1 saturated heterocycles. The molecule has 0 aliphatic carbocycles. The molecule has 1 aromatic heterocycles. The zero-order valence-electron chi connectivity index (χ0n) is 25.1. The molecule has 4 N–H and O–H groups in total. The third-order valence-electron chi connectivity index (χ3n) is 6.99. The number of benzene rings is 2. The van der Waals surface area contributed by atoms with Crippen LogP contribution in [0.25, 0.3) is 0 Å². The maximum Gasteiger partial charge on any atom is 0.322 e. The number of nitrogens with zero attached hydrogens (tertiary/aromatic N) is 3. The van der Waals surface area contributed by atoms with Gasteiger partial charge in [0.15, 0.2) is 12.5 Å². The number of fused-ring (bicyclic) bond motifs is 1. The summed E-state index contributed by atoms with van der Waals surface area (Å²) in [5.41, 5.74) is 9.52. The van der Waals surface area contributed by atoms with E-state index in [1.165, 1.54) is 11.1 Å². The molecule has 11 heteroatoms. The highest BCUT2D eigenvalue weighted by Gasteiger charge is 2.30. The van der Waals surface area contributed by atoms with Gasteiger partial charge in [0.25, 0.3) is 5.91 Å². The molecule has 0 bridgehead atoms. The quantitative estimate of drug-likeness (QED) is 0.225. The summed E-state index contributed by atoms with van der Waals surface area (Å²) in [4.78, 5) is 31.5. The van der Waals surface area contributed by atoms with E-state index in [0.717, 1.165) is 59.2 Å². The number of primary amides is 1. The SMILES string of the molecule is C=CNc1ccncc1.CC=C(OCC(N)=O)N1CCC(N2CCc3ccccc3NC2=O)CC1.Cc1ccc(Br)c(Br)c1. The van der Waals surface area contributed by atoms with Crippen LogP contribution in [0.1, 0.15) is 30.9 Å². The van der Waals surface area contributed by atoms with Crippen LogP contribution in [0, 0.1) is 6.92 Å². The smallest absolute Gasteiger partial charge is 0.322 e. The van der Waals surface area contributed by atoms with Gasteiger partial charge in [-0.1, -0.05) is 30.8 Å². The van der Waals surface area contributed by atoms with E-state index in [-0.39, 0.29) is 18.7 Å². The minimum absolute atomic E-state index is 0.0235. The van der Waals surface area contributed by atoms with Gasteiger partial charge >= 0.3 is 6.03 Å². The summed E-state index contributed by atoms with van der Waals surface area (Å²) in [5.74, 6) is 0.190. The molecule has 2 aromatic carbocycles. The van der Waals surface area contributed by atoms with Crippen LogP contribution in [0.15, 0.2) is 101 Å². The number of halogens is 2. The number of nitrogens with one attached hydrogen (secondary N) is 2. The first-order valence-corrected chi connectivity index (χ1v) is 16.0. The van der Waals surface area contributed by atoms with Crippen molar-refractivity contribution < 1.29 is 14.3 Å². The topological polar surface area (TPSA) is 113 Å². The monoisotopic (exact) mass is 726 g/mol. The fraction of sp³-hybridized carbons (Fsp3) is 0.303. The number of amides is 3. The van der Waals surface area contributed by atoms with Crippen molar-refractivity contribution in [1.29, 1.82) is 0 Å². The van der Waals surface area contributed by atoms with Crippen molar-refractivity contribution in [3.8, 4) is 0 Å². The lowest BCUT2D eigenvalue weighted by Gasteiger charge is -2.39. The van der Waals surface area contributed by atoms with Gasteiger partial charge in [-0.3, -0.25) is 9.78 Å². The Balaban J connectivity index is 0.000000238. The second kappa shape index (κ2) is 18.1. The Labute approximate surface area is 276 Å². The fourth-order valence-corrected chi connectivity index (χ4v) is 5.55. The van der Waals surface area contributed by atoms with Crippen molar-refractivity contribution in [3.63, 3.8) is 0 Å². The molecule has 9 nitrogen and oxygen atoms in total. The summed E-state index contributed by atoms with van der Waals surface area (Å²) >= 11 is 6.78. The number of hydrogen-bond donors (Lipinski definition) is 3. The Bertz CT molecular complexity index is 1410. The third-order valence-corrected chi connectivity index (χ3v) is 8.87. The van der Waals surface area contributed by atoms with E-state index in [9.17, 15) is 9.59 Å². The number of aromatic nitrogens is 1. The van der Waals surface area contributed by atoms with Gasteiger partial charge in [-0.15, -0.1) is 0 Å². The Kier molecular flexibility index (Phi) is 14.2. The number of urea groups is 1. The standard InChI is InChI=1S/C19H26N4O3.C7H6Br2.C7H8N2/c1-2-18(26-13-17(20)24)22-10-8-15(9-11-22)23-12-7-14-5-3-4-6-16(14)21-19(23)25;1-5-2-3-6(8)7(9)4-5;1-2-9-7-3-5-8-6-4-7/h2-6,15H,7-13H2,1H3,(H2,20,24)(H,21,25);2-4H,1H3;2-6H,1H2,(H,8,9). The van der Waals surface area contributed by atoms with Crippen molar-refractivity contribution in [2.45, 2.75) is 39.2 Å². The average molecular weight is 729 g/mol. The fourth-order valence-electron chi connectivity index (χ4n) is 4.81. The van der Waals surface area contributed by atoms with Crippen LogP contribution in [-0.4, -0.2) is 59.0 Å².